The first-order valence-corrected chi connectivity index (χ1v) is 10.3. The number of ether oxygens (including phenoxy) is 2. The maximum atomic E-state index is 5.97. The van der Waals surface area contributed by atoms with Gasteiger partial charge in [0.05, 0.1) is 7.11 Å². The van der Waals surface area contributed by atoms with E-state index in [1.165, 1.54) is 21.9 Å². The normalized spacial score (nSPS) is 10.7. The molecule has 0 heterocycles. The van der Waals surface area contributed by atoms with Crippen molar-refractivity contribution < 1.29 is 9.47 Å². The largest absolute Gasteiger partial charge is 0.497 e. The standard InChI is InChI=1S/C29H22O2/c1-30-25-15-11-21(12-16-25)28-19-23-7-5-6-8-24(23)20-29(28)22-13-17-27(18-14-22)31-26-9-3-2-4-10-26/h2-20H,1H3. The minimum absolute atomic E-state index is 0.821. The molecule has 0 aliphatic heterocycles. The van der Waals surface area contributed by atoms with Gasteiger partial charge in [-0.3, -0.25) is 0 Å². The summed E-state index contributed by atoms with van der Waals surface area (Å²) < 4.78 is 11.3. The molecule has 0 aliphatic rings. The van der Waals surface area contributed by atoms with Gasteiger partial charge < -0.3 is 9.47 Å². The van der Waals surface area contributed by atoms with Crippen LogP contribution in [0.2, 0.25) is 0 Å². The Kier molecular flexibility index (Phi) is 5.12. The molecule has 2 nitrogen and oxygen atoms in total. The fraction of sp³-hybridized carbons (Fsp3) is 0.0345. The van der Waals surface area contributed by atoms with Crippen LogP contribution in [0, 0.1) is 0 Å². The number of benzene rings is 5. The fourth-order valence-corrected chi connectivity index (χ4v) is 3.82. The molecule has 0 saturated carbocycles. The van der Waals surface area contributed by atoms with Gasteiger partial charge in [0, 0.05) is 0 Å². The Morgan fingerprint density at radius 2 is 0.903 bits per heavy atom. The smallest absolute Gasteiger partial charge is 0.127 e. The van der Waals surface area contributed by atoms with E-state index >= 15 is 0 Å². The maximum absolute atomic E-state index is 5.97. The summed E-state index contributed by atoms with van der Waals surface area (Å²) in [5, 5.41) is 2.44. The molecule has 0 atom stereocenters. The van der Waals surface area contributed by atoms with Crippen LogP contribution in [-0.4, -0.2) is 7.11 Å². The van der Waals surface area contributed by atoms with Crippen molar-refractivity contribution in [2.75, 3.05) is 7.11 Å². The molecule has 31 heavy (non-hydrogen) atoms. The first kappa shape index (κ1) is 19.0. The Bertz CT molecular complexity index is 1310. The first-order valence-electron chi connectivity index (χ1n) is 10.3. The quantitative estimate of drug-likeness (QED) is 0.297. The summed E-state index contributed by atoms with van der Waals surface area (Å²) in [6.45, 7) is 0. The molecule has 0 bridgehead atoms. The third-order valence-corrected chi connectivity index (χ3v) is 5.43. The molecule has 0 saturated heterocycles. The van der Waals surface area contributed by atoms with Gasteiger partial charge in [-0.2, -0.15) is 0 Å². The van der Waals surface area contributed by atoms with Gasteiger partial charge in [-0.1, -0.05) is 66.7 Å². The Labute approximate surface area is 182 Å². The van der Waals surface area contributed by atoms with Crippen molar-refractivity contribution in [3.05, 3.63) is 115 Å². The van der Waals surface area contributed by atoms with E-state index in [1.54, 1.807) is 7.11 Å². The van der Waals surface area contributed by atoms with Crippen LogP contribution in [-0.2, 0) is 0 Å². The predicted octanol–water partition coefficient (Wildman–Crippen LogP) is 7.97. The monoisotopic (exact) mass is 402 g/mol. The Morgan fingerprint density at radius 3 is 1.42 bits per heavy atom. The van der Waals surface area contributed by atoms with Gasteiger partial charge in [-0.25, -0.2) is 0 Å². The van der Waals surface area contributed by atoms with Gasteiger partial charge in [-0.05, 0) is 81.6 Å². The van der Waals surface area contributed by atoms with E-state index in [1.807, 2.05) is 54.6 Å². The number of para-hydroxylation sites is 1. The summed E-state index contributed by atoms with van der Waals surface area (Å²) in [6.07, 6.45) is 0. The average molecular weight is 402 g/mol. The number of methoxy groups -OCH3 is 1. The molecule has 0 fully saturated rings. The zero-order valence-corrected chi connectivity index (χ0v) is 17.3. The molecule has 2 heteroatoms. The van der Waals surface area contributed by atoms with E-state index in [0.29, 0.717) is 0 Å². The highest BCUT2D eigenvalue weighted by molar-refractivity contribution is 5.96. The van der Waals surface area contributed by atoms with Crippen molar-refractivity contribution in [2.24, 2.45) is 0 Å². The van der Waals surface area contributed by atoms with Crippen molar-refractivity contribution in [2.45, 2.75) is 0 Å². The molecule has 5 aromatic rings. The van der Waals surface area contributed by atoms with Crippen molar-refractivity contribution >= 4 is 10.8 Å². The minimum Gasteiger partial charge on any atom is -0.497 e. The maximum Gasteiger partial charge on any atom is 0.127 e. The van der Waals surface area contributed by atoms with Crippen molar-refractivity contribution in [1.82, 2.24) is 0 Å². The number of rotatable bonds is 5. The first-order chi connectivity index (χ1) is 15.3. The van der Waals surface area contributed by atoms with E-state index < -0.39 is 0 Å². The fourth-order valence-electron chi connectivity index (χ4n) is 3.82. The van der Waals surface area contributed by atoms with Crippen molar-refractivity contribution in [3.63, 3.8) is 0 Å². The molecule has 5 aromatic carbocycles. The molecule has 0 N–H and O–H groups in total. The lowest BCUT2D eigenvalue weighted by atomic mass is 9.91. The lowest BCUT2D eigenvalue weighted by Gasteiger charge is -2.14. The lowest BCUT2D eigenvalue weighted by Crippen LogP contribution is -1.89. The Hall–Kier alpha value is -4.04. The third kappa shape index (κ3) is 4.01. The second-order valence-corrected chi connectivity index (χ2v) is 7.41. The minimum atomic E-state index is 0.821. The predicted molar refractivity (Wildman–Crippen MR) is 128 cm³/mol. The molecule has 150 valence electrons. The van der Waals surface area contributed by atoms with Crippen molar-refractivity contribution in [1.29, 1.82) is 0 Å². The summed E-state index contributed by atoms with van der Waals surface area (Å²) in [7, 11) is 1.69. The number of hydrogen-bond acceptors (Lipinski definition) is 2. The van der Waals surface area contributed by atoms with Crippen LogP contribution >= 0.6 is 0 Å². The Morgan fingerprint density at radius 1 is 0.452 bits per heavy atom. The van der Waals surface area contributed by atoms with E-state index in [9.17, 15) is 0 Å². The molecule has 0 aliphatic carbocycles. The van der Waals surface area contributed by atoms with Crippen LogP contribution < -0.4 is 9.47 Å². The lowest BCUT2D eigenvalue weighted by molar-refractivity contribution is 0.415. The summed E-state index contributed by atoms with van der Waals surface area (Å²) in [5.74, 6) is 2.51. The van der Waals surface area contributed by atoms with Gasteiger partial charge in [0.1, 0.15) is 17.2 Å². The highest BCUT2D eigenvalue weighted by Gasteiger charge is 2.10. The number of fused-ring (bicyclic) bond motifs is 1. The molecule has 5 rings (SSSR count). The molecule has 0 aromatic heterocycles. The Balaban J connectivity index is 1.57. The van der Waals surface area contributed by atoms with Crippen LogP contribution in [0.1, 0.15) is 0 Å². The van der Waals surface area contributed by atoms with E-state index in [0.717, 1.165) is 28.4 Å². The van der Waals surface area contributed by atoms with Crippen LogP contribution in [0.5, 0.6) is 17.2 Å². The van der Waals surface area contributed by atoms with E-state index in [4.69, 9.17) is 9.47 Å². The summed E-state index contributed by atoms with van der Waals surface area (Å²) >= 11 is 0. The van der Waals surface area contributed by atoms with Gasteiger partial charge in [0.15, 0.2) is 0 Å². The van der Waals surface area contributed by atoms with Gasteiger partial charge in [0.2, 0.25) is 0 Å². The van der Waals surface area contributed by atoms with Crippen LogP contribution in [0.15, 0.2) is 115 Å². The number of hydrogen-bond donors (Lipinski definition) is 0. The molecule has 0 amide bonds. The molecule has 0 unspecified atom stereocenters. The molecular weight excluding hydrogens is 380 g/mol. The summed E-state index contributed by atoms with van der Waals surface area (Å²) in [6, 6.07) is 39.4. The zero-order valence-electron chi connectivity index (χ0n) is 17.3. The van der Waals surface area contributed by atoms with E-state index in [2.05, 4.69) is 60.7 Å². The van der Waals surface area contributed by atoms with Crippen LogP contribution in [0.3, 0.4) is 0 Å². The third-order valence-electron chi connectivity index (χ3n) is 5.43. The highest BCUT2D eigenvalue weighted by atomic mass is 16.5. The van der Waals surface area contributed by atoms with Gasteiger partial charge in [0.25, 0.3) is 0 Å². The van der Waals surface area contributed by atoms with Gasteiger partial charge >= 0.3 is 0 Å². The average Bonchev–Trinajstić information content (AvgIpc) is 2.84. The topological polar surface area (TPSA) is 18.5 Å². The summed E-state index contributed by atoms with van der Waals surface area (Å²) in [4.78, 5) is 0. The highest BCUT2D eigenvalue weighted by Crippen LogP contribution is 2.37. The van der Waals surface area contributed by atoms with Crippen LogP contribution in [0.25, 0.3) is 33.0 Å². The molecular formula is C29H22O2. The SMILES string of the molecule is COc1ccc(-c2cc3ccccc3cc2-c2ccc(Oc3ccccc3)cc2)cc1. The second kappa shape index (κ2) is 8.37. The molecule has 0 radical (unpaired) electrons. The van der Waals surface area contributed by atoms with E-state index in [-0.39, 0.29) is 0 Å². The van der Waals surface area contributed by atoms with Crippen LogP contribution in [0.4, 0.5) is 0 Å². The molecule has 0 spiro atoms. The van der Waals surface area contributed by atoms with Gasteiger partial charge in [-0.15, -0.1) is 0 Å². The van der Waals surface area contributed by atoms with Crippen molar-refractivity contribution in [3.8, 4) is 39.5 Å². The summed E-state index contributed by atoms with van der Waals surface area (Å²) in [5.41, 5.74) is 4.69. The second-order valence-electron chi connectivity index (χ2n) is 7.41. The zero-order chi connectivity index (χ0) is 21.0.